The quantitative estimate of drug-likeness (QED) is 0.792. The molecule has 0 radical (unpaired) electrons. The molecule has 2 aliphatic rings. The van der Waals surface area contributed by atoms with E-state index in [9.17, 15) is 4.79 Å². The third-order valence-corrected chi connectivity index (χ3v) is 4.08. The van der Waals surface area contributed by atoms with Crippen LogP contribution < -0.4 is 0 Å². The molecule has 1 saturated heterocycles. The molecule has 2 rings (SSSR count). The zero-order valence-corrected chi connectivity index (χ0v) is 13.2. The SMILES string of the molecule is CC(C)(C)OC(=O)N1CCCC1COC1CCCCC1. The van der Waals surface area contributed by atoms with E-state index >= 15 is 0 Å². The lowest BCUT2D eigenvalue weighted by Gasteiger charge is -2.30. The standard InChI is InChI=1S/C16H29NO3/c1-16(2,3)20-15(18)17-11-7-8-13(17)12-19-14-9-5-4-6-10-14/h13-14H,4-12H2,1-3H3. The Labute approximate surface area is 122 Å². The van der Waals surface area contributed by atoms with Crippen LogP contribution in [0.3, 0.4) is 0 Å². The zero-order chi connectivity index (χ0) is 14.6. The fourth-order valence-corrected chi connectivity index (χ4v) is 3.05. The number of carbonyl (C=O) groups excluding carboxylic acids is 1. The highest BCUT2D eigenvalue weighted by Gasteiger charge is 2.32. The molecule has 4 heteroatoms. The van der Waals surface area contributed by atoms with Gasteiger partial charge in [-0.05, 0) is 46.5 Å². The summed E-state index contributed by atoms with van der Waals surface area (Å²) >= 11 is 0. The predicted octanol–water partition coefficient (Wildman–Crippen LogP) is 3.74. The molecule has 0 aromatic carbocycles. The molecule has 1 aliphatic heterocycles. The number of likely N-dealkylation sites (tertiary alicyclic amines) is 1. The minimum absolute atomic E-state index is 0.188. The highest BCUT2D eigenvalue weighted by molar-refractivity contribution is 5.68. The molecule has 1 amide bonds. The number of ether oxygens (including phenoxy) is 2. The highest BCUT2D eigenvalue weighted by Crippen LogP contribution is 2.24. The van der Waals surface area contributed by atoms with Gasteiger partial charge >= 0.3 is 6.09 Å². The second-order valence-corrected chi connectivity index (χ2v) is 7.06. The summed E-state index contributed by atoms with van der Waals surface area (Å²) in [5.41, 5.74) is -0.422. The van der Waals surface area contributed by atoms with Crippen LogP contribution in [0.2, 0.25) is 0 Å². The van der Waals surface area contributed by atoms with Crippen LogP contribution in [0.1, 0.15) is 65.7 Å². The van der Waals surface area contributed by atoms with Gasteiger partial charge in [-0.2, -0.15) is 0 Å². The van der Waals surface area contributed by atoms with Crippen LogP contribution in [-0.2, 0) is 9.47 Å². The Morgan fingerprint density at radius 3 is 2.45 bits per heavy atom. The predicted molar refractivity (Wildman–Crippen MR) is 78.8 cm³/mol. The van der Waals surface area contributed by atoms with Crippen LogP contribution >= 0.6 is 0 Å². The molecule has 1 atom stereocenters. The van der Waals surface area contributed by atoms with Gasteiger partial charge < -0.3 is 14.4 Å². The van der Waals surface area contributed by atoms with Crippen LogP contribution in [0.25, 0.3) is 0 Å². The summed E-state index contributed by atoms with van der Waals surface area (Å²) in [7, 11) is 0. The van der Waals surface area contributed by atoms with E-state index in [0.29, 0.717) is 12.7 Å². The normalized spacial score (nSPS) is 24.9. The molecular formula is C16H29NO3. The topological polar surface area (TPSA) is 38.8 Å². The van der Waals surface area contributed by atoms with E-state index in [1.165, 1.54) is 32.1 Å². The number of rotatable bonds is 3. The van der Waals surface area contributed by atoms with Gasteiger partial charge in [0.05, 0.1) is 18.8 Å². The van der Waals surface area contributed by atoms with Crippen LogP contribution in [0.5, 0.6) is 0 Å². The van der Waals surface area contributed by atoms with Crippen molar-refractivity contribution in [3.63, 3.8) is 0 Å². The van der Waals surface area contributed by atoms with E-state index in [2.05, 4.69) is 0 Å². The Bertz CT molecular complexity index is 318. The molecule has 20 heavy (non-hydrogen) atoms. The molecule has 4 nitrogen and oxygen atoms in total. The minimum Gasteiger partial charge on any atom is -0.444 e. The lowest BCUT2D eigenvalue weighted by atomic mass is 9.98. The van der Waals surface area contributed by atoms with Crippen LogP contribution in [0.4, 0.5) is 4.79 Å². The van der Waals surface area contributed by atoms with Crippen molar-refractivity contribution in [3.8, 4) is 0 Å². The van der Waals surface area contributed by atoms with Crippen LogP contribution in [0, 0.1) is 0 Å². The van der Waals surface area contributed by atoms with Crippen LogP contribution in [0.15, 0.2) is 0 Å². The summed E-state index contributed by atoms with van der Waals surface area (Å²) < 4.78 is 11.5. The zero-order valence-electron chi connectivity index (χ0n) is 13.2. The van der Waals surface area contributed by atoms with E-state index in [-0.39, 0.29) is 12.1 Å². The molecule has 2 fully saturated rings. The maximum atomic E-state index is 12.2. The van der Waals surface area contributed by atoms with Gasteiger partial charge in [-0.1, -0.05) is 19.3 Å². The molecule has 116 valence electrons. The number of nitrogens with zero attached hydrogens (tertiary/aromatic N) is 1. The molecule has 1 heterocycles. The number of hydrogen-bond donors (Lipinski definition) is 0. The van der Waals surface area contributed by atoms with Gasteiger partial charge in [0.15, 0.2) is 0 Å². The first-order valence-electron chi connectivity index (χ1n) is 8.07. The number of amides is 1. The second kappa shape index (κ2) is 6.79. The van der Waals surface area contributed by atoms with E-state index in [4.69, 9.17) is 9.47 Å². The van der Waals surface area contributed by atoms with Crippen molar-refractivity contribution in [2.75, 3.05) is 13.2 Å². The van der Waals surface area contributed by atoms with Crippen molar-refractivity contribution in [1.82, 2.24) is 4.90 Å². The summed E-state index contributed by atoms with van der Waals surface area (Å²) in [6.07, 6.45) is 8.57. The third-order valence-electron chi connectivity index (χ3n) is 4.08. The average molecular weight is 283 g/mol. The Kier molecular flexibility index (Phi) is 5.30. The van der Waals surface area contributed by atoms with Gasteiger partial charge in [-0.15, -0.1) is 0 Å². The Balaban J connectivity index is 1.79. The van der Waals surface area contributed by atoms with Crippen molar-refractivity contribution >= 4 is 6.09 Å². The molecule has 1 saturated carbocycles. The molecule has 0 bridgehead atoms. The number of carbonyl (C=O) groups is 1. The van der Waals surface area contributed by atoms with Gasteiger partial charge in [-0.3, -0.25) is 0 Å². The lowest BCUT2D eigenvalue weighted by molar-refractivity contribution is -0.0144. The second-order valence-electron chi connectivity index (χ2n) is 7.06. The highest BCUT2D eigenvalue weighted by atomic mass is 16.6. The summed E-state index contributed by atoms with van der Waals surface area (Å²) in [5, 5.41) is 0. The summed E-state index contributed by atoms with van der Waals surface area (Å²) in [6, 6.07) is 0.201. The van der Waals surface area contributed by atoms with Crippen molar-refractivity contribution in [3.05, 3.63) is 0 Å². The lowest BCUT2D eigenvalue weighted by Crippen LogP contribution is -2.42. The van der Waals surface area contributed by atoms with Crippen molar-refractivity contribution in [1.29, 1.82) is 0 Å². The molecular weight excluding hydrogens is 254 g/mol. The molecule has 1 aliphatic carbocycles. The fourth-order valence-electron chi connectivity index (χ4n) is 3.05. The van der Waals surface area contributed by atoms with Gasteiger partial charge in [0.2, 0.25) is 0 Å². The summed E-state index contributed by atoms with van der Waals surface area (Å²) in [6.45, 7) is 7.20. The van der Waals surface area contributed by atoms with E-state index < -0.39 is 5.60 Å². The maximum Gasteiger partial charge on any atom is 0.410 e. The van der Waals surface area contributed by atoms with Gasteiger partial charge in [0.1, 0.15) is 5.60 Å². The average Bonchev–Trinajstić information content (AvgIpc) is 2.84. The molecule has 0 spiro atoms. The summed E-state index contributed by atoms with van der Waals surface area (Å²) in [5.74, 6) is 0. The Morgan fingerprint density at radius 2 is 1.80 bits per heavy atom. The van der Waals surface area contributed by atoms with Crippen LogP contribution in [-0.4, -0.2) is 41.9 Å². The Hall–Kier alpha value is -0.770. The van der Waals surface area contributed by atoms with E-state index in [1.807, 2.05) is 25.7 Å². The molecule has 1 unspecified atom stereocenters. The smallest absolute Gasteiger partial charge is 0.410 e. The number of hydrogen-bond acceptors (Lipinski definition) is 3. The fraction of sp³-hybridized carbons (Fsp3) is 0.938. The monoisotopic (exact) mass is 283 g/mol. The first-order valence-corrected chi connectivity index (χ1v) is 8.07. The minimum atomic E-state index is -0.422. The van der Waals surface area contributed by atoms with E-state index in [0.717, 1.165) is 19.4 Å². The van der Waals surface area contributed by atoms with E-state index in [1.54, 1.807) is 0 Å². The first kappa shape index (κ1) is 15.6. The maximum absolute atomic E-state index is 12.2. The third kappa shape index (κ3) is 4.65. The molecule has 0 N–H and O–H groups in total. The van der Waals surface area contributed by atoms with Crippen molar-refractivity contribution in [2.45, 2.75) is 83.5 Å². The largest absolute Gasteiger partial charge is 0.444 e. The van der Waals surface area contributed by atoms with Crippen molar-refractivity contribution in [2.24, 2.45) is 0 Å². The first-order chi connectivity index (χ1) is 9.46. The van der Waals surface area contributed by atoms with Gasteiger partial charge in [-0.25, -0.2) is 4.79 Å². The van der Waals surface area contributed by atoms with Crippen molar-refractivity contribution < 1.29 is 14.3 Å². The van der Waals surface area contributed by atoms with Gasteiger partial charge in [0, 0.05) is 6.54 Å². The summed E-state index contributed by atoms with van der Waals surface area (Å²) in [4.78, 5) is 14.0. The molecule has 0 aromatic heterocycles. The molecule has 0 aromatic rings. The Morgan fingerprint density at radius 1 is 1.10 bits per heavy atom. The van der Waals surface area contributed by atoms with Gasteiger partial charge in [0.25, 0.3) is 0 Å².